The highest BCUT2D eigenvalue weighted by Gasteiger charge is 2.30. The minimum Gasteiger partial charge on any atom is -0.371 e. The second-order valence-corrected chi connectivity index (χ2v) is 4.23. The Bertz CT molecular complexity index is 340. The molecule has 2 rings (SSSR count). The van der Waals surface area contributed by atoms with Crippen LogP contribution in [0.15, 0.2) is 4.52 Å². The van der Waals surface area contributed by atoms with E-state index in [9.17, 15) is 0 Å². The third-order valence-corrected chi connectivity index (χ3v) is 3.08. The normalized spacial score (nSPS) is 27.2. The Morgan fingerprint density at radius 3 is 3.06 bits per heavy atom. The summed E-state index contributed by atoms with van der Waals surface area (Å²) in [5.74, 6) is 1.73. The van der Waals surface area contributed by atoms with Gasteiger partial charge in [0.15, 0.2) is 5.82 Å². The fourth-order valence-corrected chi connectivity index (χ4v) is 2.08. The van der Waals surface area contributed by atoms with Crippen molar-refractivity contribution in [1.82, 2.24) is 15.5 Å². The summed E-state index contributed by atoms with van der Waals surface area (Å²) in [5.41, 5.74) is 0. The fraction of sp³-hybridized carbons (Fsp3) is 0.818. The van der Waals surface area contributed by atoms with Crippen molar-refractivity contribution in [2.75, 3.05) is 13.2 Å². The van der Waals surface area contributed by atoms with Gasteiger partial charge in [0.05, 0.1) is 5.92 Å². The lowest BCUT2D eigenvalue weighted by molar-refractivity contribution is 0.0683. The van der Waals surface area contributed by atoms with Gasteiger partial charge in [-0.15, -0.1) is 0 Å². The molecule has 1 saturated heterocycles. The molecule has 0 aromatic carbocycles. The van der Waals surface area contributed by atoms with Gasteiger partial charge in [0, 0.05) is 12.6 Å². The van der Waals surface area contributed by atoms with Crippen LogP contribution in [0.25, 0.3) is 0 Å². The Morgan fingerprint density at radius 2 is 2.44 bits per heavy atom. The number of ether oxygens (including phenoxy) is 1. The Labute approximate surface area is 95.6 Å². The van der Waals surface area contributed by atoms with E-state index in [1.807, 2.05) is 13.8 Å². The van der Waals surface area contributed by atoms with E-state index in [-0.39, 0.29) is 6.10 Å². The maximum absolute atomic E-state index is 5.43. The third kappa shape index (κ3) is 2.25. The molecule has 0 radical (unpaired) electrons. The first kappa shape index (κ1) is 11.5. The molecular formula is C11H19N3O2. The summed E-state index contributed by atoms with van der Waals surface area (Å²) < 4.78 is 10.7. The summed E-state index contributed by atoms with van der Waals surface area (Å²) >= 11 is 0. The molecule has 3 unspecified atom stereocenters. The smallest absolute Gasteiger partial charge is 0.231 e. The van der Waals surface area contributed by atoms with Crippen LogP contribution < -0.4 is 5.32 Å². The predicted octanol–water partition coefficient (Wildman–Crippen LogP) is 1.63. The summed E-state index contributed by atoms with van der Waals surface area (Å²) in [4.78, 5) is 4.42. The van der Waals surface area contributed by atoms with E-state index in [2.05, 4.69) is 22.4 Å². The molecule has 5 heteroatoms. The van der Waals surface area contributed by atoms with E-state index in [0.717, 1.165) is 18.9 Å². The average Bonchev–Trinajstić information content (AvgIpc) is 2.86. The van der Waals surface area contributed by atoms with Crippen LogP contribution in [0.2, 0.25) is 0 Å². The van der Waals surface area contributed by atoms with E-state index in [1.165, 1.54) is 0 Å². The molecule has 0 aliphatic carbocycles. The topological polar surface area (TPSA) is 60.2 Å². The van der Waals surface area contributed by atoms with Gasteiger partial charge in [-0.05, 0) is 33.7 Å². The zero-order valence-electron chi connectivity index (χ0n) is 10.1. The van der Waals surface area contributed by atoms with Crippen LogP contribution in [0.5, 0.6) is 0 Å². The Morgan fingerprint density at radius 1 is 1.62 bits per heavy atom. The maximum atomic E-state index is 5.43. The molecule has 5 nitrogen and oxygen atoms in total. The minimum atomic E-state index is -0.0906. The second-order valence-electron chi connectivity index (χ2n) is 4.23. The molecule has 0 saturated carbocycles. The van der Waals surface area contributed by atoms with Gasteiger partial charge < -0.3 is 14.6 Å². The number of rotatable bonds is 4. The van der Waals surface area contributed by atoms with Gasteiger partial charge in [0.2, 0.25) is 5.89 Å². The van der Waals surface area contributed by atoms with E-state index < -0.39 is 0 Å². The highest BCUT2D eigenvalue weighted by molar-refractivity contribution is 5.02. The molecule has 1 fully saturated rings. The zero-order valence-corrected chi connectivity index (χ0v) is 10.1. The molecule has 3 atom stereocenters. The van der Waals surface area contributed by atoms with Gasteiger partial charge >= 0.3 is 0 Å². The summed E-state index contributed by atoms with van der Waals surface area (Å²) in [5, 5.41) is 7.35. The fourth-order valence-electron chi connectivity index (χ4n) is 2.08. The Balaban J connectivity index is 2.06. The van der Waals surface area contributed by atoms with Crippen molar-refractivity contribution < 1.29 is 9.26 Å². The van der Waals surface area contributed by atoms with Crippen molar-refractivity contribution >= 4 is 0 Å². The summed E-state index contributed by atoms with van der Waals surface area (Å²) in [6.45, 7) is 7.72. The van der Waals surface area contributed by atoms with Crippen molar-refractivity contribution in [1.29, 1.82) is 0 Å². The van der Waals surface area contributed by atoms with E-state index in [1.54, 1.807) is 0 Å². The van der Waals surface area contributed by atoms with Crippen molar-refractivity contribution in [3.05, 3.63) is 11.7 Å². The van der Waals surface area contributed by atoms with Crippen LogP contribution in [0.4, 0.5) is 0 Å². The highest BCUT2D eigenvalue weighted by Crippen LogP contribution is 2.27. The first-order chi connectivity index (χ1) is 7.72. The molecule has 16 heavy (non-hydrogen) atoms. The lowest BCUT2D eigenvalue weighted by atomic mass is 10.0. The number of hydrogen-bond donors (Lipinski definition) is 1. The molecule has 1 N–H and O–H groups in total. The quantitative estimate of drug-likeness (QED) is 0.844. The Hall–Kier alpha value is -0.940. The minimum absolute atomic E-state index is 0.0906. The molecule has 1 aliphatic rings. The predicted molar refractivity (Wildman–Crippen MR) is 59.2 cm³/mol. The molecular weight excluding hydrogens is 206 g/mol. The van der Waals surface area contributed by atoms with E-state index >= 15 is 0 Å². The number of nitrogens with zero attached hydrogens (tertiary/aromatic N) is 2. The van der Waals surface area contributed by atoms with Crippen LogP contribution in [0.3, 0.4) is 0 Å². The van der Waals surface area contributed by atoms with Crippen molar-refractivity contribution in [2.24, 2.45) is 0 Å². The van der Waals surface area contributed by atoms with Gasteiger partial charge in [0.1, 0.15) is 6.10 Å². The van der Waals surface area contributed by atoms with Gasteiger partial charge in [-0.1, -0.05) is 5.16 Å². The molecule has 0 bridgehead atoms. The summed E-state index contributed by atoms with van der Waals surface area (Å²) in [6, 6.07) is 0.413. The van der Waals surface area contributed by atoms with Crippen LogP contribution in [-0.4, -0.2) is 29.3 Å². The zero-order chi connectivity index (χ0) is 11.5. The first-order valence-electron chi connectivity index (χ1n) is 5.90. The standard InChI is InChI=1S/C11H19N3O2/c1-4-15-8(3)10-13-11(16-14-10)9-5-6-12-7(9)2/h7-9,12H,4-6H2,1-3H3. The lowest BCUT2D eigenvalue weighted by Crippen LogP contribution is -2.21. The third-order valence-electron chi connectivity index (χ3n) is 3.08. The van der Waals surface area contributed by atoms with Crippen molar-refractivity contribution in [2.45, 2.75) is 45.3 Å². The average molecular weight is 225 g/mol. The van der Waals surface area contributed by atoms with Crippen LogP contribution in [0.1, 0.15) is 50.9 Å². The largest absolute Gasteiger partial charge is 0.371 e. The van der Waals surface area contributed by atoms with Crippen LogP contribution >= 0.6 is 0 Å². The summed E-state index contributed by atoms with van der Waals surface area (Å²) in [7, 11) is 0. The van der Waals surface area contributed by atoms with Gasteiger partial charge in [-0.3, -0.25) is 0 Å². The molecule has 0 amide bonds. The lowest BCUT2D eigenvalue weighted by Gasteiger charge is -2.09. The first-order valence-corrected chi connectivity index (χ1v) is 5.90. The van der Waals surface area contributed by atoms with Gasteiger partial charge in [0.25, 0.3) is 0 Å². The number of aromatic nitrogens is 2. The van der Waals surface area contributed by atoms with Crippen LogP contribution in [-0.2, 0) is 4.74 Å². The summed E-state index contributed by atoms with van der Waals surface area (Å²) in [6.07, 6.45) is 0.971. The van der Waals surface area contributed by atoms with Gasteiger partial charge in [-0.2, -0.15) is 4.98 Å². The molecule has 1 aliphatic heterocycles. The SMILES string of the molecule is CCOC(C)c1noc(C2CCNC2C)n1. The monoisotopic (exact) mass is 225 g/mol. The number of hydrogen-bond acceptors (Lipinski definition) is 5. The second kappa shape index (κ2) is 4.93. The molecule has 1 aromatic heterocycles. The molecule has 2 heterocycles. The highest BCUT2D eigenvalue weighted by atomic mass is 16.5. The van der Waals surface area contributed by atoms with Crippen LogP contribution in [0, 0.1) is 0 Å². The van der Waals surface area contributed by atoms with Crippen molar-refractivity contribution in [3.8, 4) is 0 Å². The van der Waals surface area contributed by atoms with E-state index in [0.29, 0.717) is 24.4 Å². The molecule has 1 aromatic rings. The van der Waals surface area contributed by atoms with E-state index in [4.69, 9.17) is 9.26 Å². The van der Waals surface area contributed by atoms with Crippen molar-refractivity contribution in [3.63, 3.8) is 0 Å². The Kier molecular flexibility index (Phi) is 3.56. The number of nitrogens with one attached hydrogen (secondary N) is 1. The van der Waals surface area contributed by atoms with Gasteiger partial charge in [-0.25, -0.2) is 0 Å². The maximum Gasteiger partial charge on any atom is 0.231 e. The molecule has 90 valence electrons. The molecule has 0 spiro atoms.